The molecule has 1 heterocycles. The van der Waals surface area contributed by atoms with Crippen molar-refractivity contribution in [2.24, 2.45) is 0 Å². The van der Waals surface area contributed by atoms with E-state index in [0.717, 1.165) is 35.3 Å². The Kier molecular flexibility index (Phi) is 9.04. The highest BCUT2D eigenvalue weighted by Crippen LogP contribution is 2.17. The van der Waals surface area contributed by atoms with Gasteiger partial charge in [0, 0.05) is 0 Å². The van der Waals surface area contributed by atoms with Crippen LogP contribution >= 0.6 is 17.0 Å². The summed E-state index contributed by atoms with van der Waals surface area (Å²) in [6.07, 6.45) is 0. The van der Waals surface area contributed by atoms with Crippen LogP contribution in [-0.2, 0) is 9.31 Å². The smallest absolute Gasteiger partial charge is 0.401 e. The van der Waals surface area contributed by atoms with Crippen LogP contribution in [0.3, 0.4) is 0 Å². The molecule has 25 heavy (non-hydrogen) atoms. The van der Waals surface area contributed by atoms with Crippen LogP contribution in [0.2, 0.25) is 0 Å². The fourth-order valence-electron chi connectivity index (χ4n) is 2.99. The fourth-order valence-corrected chi connectivity index (χ4v) is 2.99. The maximum Gasteiger partial charge on any atom is 0.494 e. The third-order valence-electron chi connectivity index (χ3n) is 4.96. The van der Waals surface area contributed by atoms with Gasteiger partial charge in [0.1, 0.15) is 31.9 Å². The second-order valence-electron chi connectivity index (χ2n) is 7.31. The largest absolute Gasteiger partial charge is 0.494 e. The zero-order valence-electron chi connectivity index (χ0n) is 15.6. The maximum atomic E-state index is 9.19. The fraction of sp³-hybridized carbons (Fsp3) is 0.647. The molecule has 0 radical (unpaired) electrons. The molecule has 2 N–H and O–H groups in total. The molecule has 0 unspecified atom stereocenters. The van der Waals surface area contributed by atoms with Crippen molar-refractivity contribution in [3.05, 3.63) is 24.3 Å². The topological polar surface area (TPSA) is 58.9 Å². The summed E-state index contributed by atoms with van der Waals surface area (Å²) in [7, 11) is 5.94. The summed E-state index contributed by atoms with van der Waals surface area (Å²) in [6, 6.07) is 8.23. The minimum atomic E-state index is -0.338. The Balaban J connectivity index is 0.00000312. The number of halogens is 1. The molecule has 1 aliphatic heterocycles. The van der Waals surface area contributed by atoms with Crippen molar-refractivity contribution < 1.29 is 24.0 Å². The first-order valence-corrected chi connectivity index (χ1v) is 8.62. The molecule has 6 nitrogen and oxygen atoms in total. The molecule has 1 fully saturated rings. The number of benzene rings is 1. The first-order valence-electron chi connectivity index (χ1n) is 8.62. The van der Waals surface area contributed by atoms with Gasteiger partial charge in [-0.1, -0.05) is 12.1 Å². The molecule has 0 atom stereocenters. The highest BCUT2D eigenvalue weighted by molar-refractivity contribution is 8.93. The molecule has 0 aromatic heterocycles. The summed E-state index contributed by atoms with van der Waals surface area (Å²) < 4.78 is 13.3. The molecule has 1 aliphatic rings. The van der Waals surface area contributed by atoms with Crippen LogP contribution in [0.5, 0.6) is 0 Å². The van der Waals surface area contributed by atoms with E-state index in [9.17, 15) is 10.2 Å². The standard InChI is InChI=1S/C17H31BN2O4.BrH/c1-19(2,8-12-21)17-6-4-16(5-7-17)18-23-14-10-20(3,9-13-22)11-15-24-18;/h4-7,21-22H,8-15H2,1-3H3;1H/q+2;. The summed E-state index contributed by atoms with van der Waals surface area (Å²) in [5, 5.41) is 18.4. The molecule has 1 aromatic rings. The molecular formula is C17H32BBrN2O4+2. The van der Waals surface area contributed by atoms with Gasteiger partial charge in [0.05, 0.1) is 47.6 Å². The lowest BCUT2D eigenvalue weighted by molar-refractivity contribution is -0.910. The zero-order valence-corrected chi connectivity index (χ0v) is 17.3. The Hall–Kier alpha value is -0.475. The number of likely N-dealkylation sites (N-methyl/N-ethyl adjacent to an activating group) is 2. The van der Waals surface area contributed by atoms with Crippen molar-refractivity contribution >= 4 is 35.3 Å². The quantitative estimate of drug-likeness (QED) is 0.504. The van der Waals surface area contributed by atoms with Crippen molar-refractivity contribution in [3.63, 3.8) is 0 Å². The highest BCUT2D eigenvalue weighted by Gasteiger charge is 2.30. The maximum absolute atomic E-state index is 9.19. The van der Waals surface area contributed by atoms with Gasteiger partial charge in [0.25, 0.3) is 0 Å². The highest BCUT2D eigenvalue weighted by atomic mass is 79.9. The van der Waals surface area contributed by atoms with Crippen molar-refractivity contribution in [1.29, 1.82) is 0 Å². The lowest BCUT2D eigenvalue weighted by Crippen LogP contribution is -2.54. The molecule has 0 aliphatic carbocycles. The van der Waals surface area contributed by atoms with E-state index in [1.54, 1.807) is 0 Å². The van der Waals surface area contributed by atoms with Crippen molar-refractivity contribution in [2.75, 3.05) is 73.7 Å². The monoisotopic (exact) mass is 418 g/mol. The van der Waals surface area contributed by atoms with E-state index in [2.05, 4.69) is 33.3 Å². The van der Waals surface area contributed by atoms with Gasteiger partial charge in [0.15, 0.2) is 0 Å². The molecule has 142 valence electrons. The Labute approximate surface area is 162 Å². The Morgan fingerprint density at radius 3 is 2.08 bits per heavy atom. The van der Waals surface area contributed by atoms with Gasteiger partial charge in [0.2, 0.25) is 0 Å². The molecule has 1 aromatic carbocycles. The molecule has 8 heteroatoms. The lowest BCUT2D eigenvalue weighted by atomic mass is 9.78. The van der Waals surface area contributed by atoms with E-state index < -0.39 is 0 Å². The van der Waals surface area contributed by atoms with Gasteiger partial charge in [-0.25, -0.2) is 0 Å². The van der Waals surface area contributed by atoms with Gasteiger partial charge in [-0.15, -0.1) is 17.0 Å². The Morgan fingerprint density at radius 2 is 1.60 bits per heavy atom. The van der Waals surface area contributed by atoms with E-state index in [0.29, 0.717) is 24.2 Å². The molecule has 0 saturated carbocycles. The second-order valence-corrected chi connectivity index (χ2v) is 7.31. The van der Waals surface area contributed by atoms with Gasteiger partial charge in [-0.05, 0) is 17.6 Å². The molecule has 0 bridgehead atoms. The van der Waals surface area contributed by atoms with Crippen LogP contribution in [-0.4, -0.2) is 95.6 Å². The van der Waals surface area contributed by atoms with Crippen LogP contribution in [0.4, 0.5) is 5.69 Å². The number of aliphatic hydroxyl groups is 2. The summed E-state index contributed by atoms with van der Waals surface area (Å²) >= 11 is 0. The number of quaternary nitrogens is 2. The molecular weight excluding hydrogens is 387 g/mol. The van der Waals surface area contributed by atoms with Gasteiger partial charge < -0.3 is 24.0 Å². The number of aliphatic hydroxyl groups excluding tert-OH is 2. The summed E-state index contributed by atoms with van der Waals surface area (Å²) in [5.74, 6) is 0. The number of rotatable bonds is 6. The SMILES string of the molecule is Br.C[N+]1(CCO)CCOB(c2ccc([N+](C)(C)CCO)cc2)OCC1. The first kappa shape index (κ1) is 22.6. The van der Waals surface area contributed by atoms with Gasteiger partial charge in [-0.2, -0.15) is 0 Å². The van der Waals surface area contributed by atoms with Gasteiger partial charge in [-0.3, -0.25) is 4.48 Å². The predicted molar refractivity (Wildman–Crippen MR) is 108 cm³/mol. The van der Waals surface area contributed by atoms with E-state index in [4.69, 9.17) is 9.31 Å². The van der Waals surface area contributed by atoms with Crippen LogP contribution in [0.25, 0.3) is 0 Å². The minimum absolute atomic E-state index is 0. The first-order chi connectivity index (χ1) is 11.4. The van der Waals surface area contributed by atoms with Crippen LogP contribution in [0.1, 0.15) is 0 Å². The molecule has 0 spiro atoms. The van der Waals surface area contributed by atoms with Crippen LogP contribution in [0.15, 0.2) is 24.3 Å². The third-order valence-corrected chi connectivity index (χ3v) is 4.96. The van der Waals surface area contributed by atoms with E-state index in [-0.39, 0.29) is 37.3 Å². The summed E-state index contributed by atoms with van der Waals surface area (Å²) in [6.45, 7) is 4.71. The third kappa shape index (κ3) is 6.32. The number of nitrogens with zero attached hydrogens (tertiary/aromatic N) is 2. The average Bonchev–Trinajstić information content (AvgIpc) is 2.52. The van der Waals surface area contributed by atoms with E-state index in [1.807, 2.05) is 12.1 Å². The molecule has 2 rings (SSSR count). The minimum Gasteiger partial charge on any atom is -0.401 e. The Bertz CT molecular complexity index is 506. The zero-order chi connectivity index (χ0) is 17.6. The van der Waals surface area contributed by atoms with Gasteiger partial charge >= 0.3 is 7.12 Å². The number of hydrogen-bond acceptors (Lipinski definition) is 4. The average molecular weight is 419 g/mol. The van der Waals surface area contributed by atoms with E-state index in [1.165, 1.54) is 0 Å². The van der Waals surface area contributed by atoms with Crippen molar-refractivity contribution in [2.45, 2.75) is 0 Å². The predicted octanol–water partition coefficient (Wildman–Crippen LogP) is 0.00460. The van der Waals surface area contributed by atoms with Crippen LogP contribution < -0.4 is 9.95 Å². The van der Waals surface area contributed by atoms with Crippen molar-refractivity contribution in [1.82, 2.24) is 4.48 Å². The Morgan fingerprint density at radius 1 is 1.04 bits per heavy atom. The second kappa shape index (κ2) is 10.0. The van der Waals surface area contributed by atoms with Crippen molar-refractivity contribution in [3.8, 4) is 0 Å². The lowest BCUT2D eigenvalue weighted by Gasteiger charge is -2.36. The normalized spacial score (nSPS) is 18.2. The number of hydrogen-bond donors (Lipinski definition) is 2. The van der Waals surface area contributed by atoms with E-state index >= 15 is 0 Å². The molecule has 1 saturated heterocycles. The van der Waals surface area contributed by atoms with Crippen LogP contribution in [0, 0.1) is 0 Å². The summed E-state index contributed by atoms with van der Waals surface area (Å²) in [5.41, 5.74) is 2.16. The summed E-state index contributed by atoms with van der Waals surface area (Å²) in [4.78, 5) is 0. The molecule has 0 amide bonds.